The normalized spacial score (nSPS) is 17.2. The molecule has 4 rings (SSSR count). The van der Waals surface area contributed by atoms with Crippen molar-refractivity contribution >= 4 is 29.0 Å². The Balaban J connectivity index is 1.64. The average molecular weight is 511 g/mol. The summed E-state index contributed by atoms with van der Waals surface area (Å²) in [5, 5.41) is 10.1. The topological polar surface area (TPSA) is 86.6 Å². The number of nitrogens with zero attached hydrogens (tertiary/aromatic N) is 2. The van der Waals surface area contributed by atoms with Crippen molar-refractivity contribution in [1.82, 2.24) is 9.78 Å². The van der Waals surface area contributed by atoms with Crippen LogP contribution in [0.15, 0.2) is 42.5 Å². The first-order chi connectivity index (χ1) is 16.6. The van der Waals surface area contributed by atoms with Gasteiger partial charge in [0.1, 0.15) is 5.82 Å². The molecule has 8 nitrogen and oxygen atoms in total. The third-order valence-electron chi connectivity index (χ3n) is 5.62. The van der Waals surface area contributed by atoms with E-state index in [0.29, 0.717) is 27.8 Å². The zero-order chi connectivity index (χ0) is 25.3. The molecule has 2 heterocycles. The Morgan fingerprint density at radius 3 is 2.26 bits per heavy atom. The van der Waals surface area contributed by atoms with Crippen molar-refractivity contribution in [3.63, 3.8) is 0 Å². The molecule has 0 fully saturated rings. The second-order valence-electron chi connectivity index (χ2n) is 7.77. The Bertz CT molecular complexity index is 1210. The number of fused-ring (bicyclic) bond motifs is 1. The molecule has 1 aliphatic heterocycles. The van der Waals surface area contributed by atoms with E-state index in [-0.39, 0.29) is 23.6 Å². The fourth-order valence-corrected chi connectivity index (χ4v) is 4.07. The Kier molecular flexibility index (Phi) is 6.70. The van der Waals surface area contributed by atoms with Crippen LogP contribution in [0.5, 0.6) is 17.2 Å². The van der Waals surface area contributed by atoms with Gasteiger partial charge in [-0.2, -0.15) is 18.3 Å². The highest BCUT2D eigenvalue weighted by Gasteiger charge is 2.46. The molecule has 2 N–H and O–H groups in total. The van der Waals surface area contributed by atoms with Gasteiger partial charge < -0.3 is 24.8 Å². The van der Waals surface area contributed by atoms with E-state index in [4.69, 9.17) is 25.8 Å². The van der Waals surface area contributed by atoms with Crippen molar-refractivity contribution < 1.29 is 32.2 Å². The molecule has 0 saturated carbocycles. The maximum Gasteiger partial charge on any atom is 0.410 e. The van der Waals surface area contributed by atoms with Gasteiger partial charge in [-0.1, -0.05) is 23.7 Å². The monoisotopic (exact) mass is 510 g/mol. The van der Waals surface area contributed by atoms with Crippen molar-refractivity contribution in [1.29, 1.82) is 0 Å². The molecule has 0 aliphatic carbocycles. The molecular weight excluding hydrogens is 489 g/mol. The number of benzene rings is 2. The number of anilines is 2. The highest BCUT2D eigenvalue weighted by atomic mass is 35.5. The van der Waals surface area contributed by atoms with E-state index < -0.39 is 24.2 Å². The molecule has 0 unspecified atom stereocenters. The number of aromatic nitrogens is 2. The quantitative estimate of drug-likeness (QED) is 0.457. The van der Waals surface area contributed by atoms with Crippen LogP contribution in [0.3, 0.4) is 0 Å². The summed E-state index contributed by atoms with van der Waals surface area (Å²) in [5.41, 5.74) is 0.738. The van der Waals surface area contributed by atoms with Crippen molar-refractivity contribution in [2.24, 2.45) is 0 Å². The average Bonchev–Trinajstić information content (AvgIpc) is 3.27. The Morgan fingerprint density at radius 2 is 1.71 bits per heavy atom. The number of carbonyl (C=O) groups is 1. The summed E-state index contributed by atoms with van der Waals surface area (Å²) in [6.45, 7) is 0. The summed E-state index contributed by atoms with van der Waals surface area (Å²) in [7, 11) is 4.29. The third kappa shape index (κ3) is 4.95. The van der Waals surface area contributed by atoms with Gasteiger partial charge in [0, 0.05) is 35.3 Å². The molecule has 2 atom stereocenters. The summed E-state index contributed by atoms with van der Waals surface area (Å²) in [6.07, 6.45) is -4.87. The van der Waals surface area contributed by atoms with Gasteiger partial charge in [0.2, 0.25) is 5.75 Å². The largest absolute Gasteiger partial charge is 0.493 e. The third-order valence-corrected chi connectivity index (χ3v) is 5.87. The van der Waals surface area contributed by atoms with Gasteiger partial charge in [-0.15, -0.1) is 0 Å². The van der Waals surface area contributed by atoms with Crippen LogP contribution >= 0.6 is 11.6 Å². The van der Waals surface area contributed by atoms with Gasteiger partial charge in [-0.05, 0) is 17.7 Å². The fraction of sp³-hybridized carbons (Fsp3) is 0.304. The van der Waals surface area contributed by atoms with Crippen molar-refractivity contribution in [3.8, 4) is 17.2 Å². The van der Waals surface area contributed by atoms with E-state index in [9.17, 15) is 18.0 Å². The molecule has 1 aliphatic rings. The smallest absolute Gasteiger partial charge is 0.410 e. The number of ether oxygens (including phenoxy) is 3. The summed E-state index contributed by atoms with van der Waals surface area (Å²) in [6, 6.07) is 8.29. The number of alkyl halides is 3. The lowest BCUT2D eigenvalue weighted by atomic mass is 9.97. The lowest BCUT2D eigenvalue weighted by molar-refractivity contribution is -0.173. The van der Waals surface area contributed by atoms with E-state index in [1.807, 2.05) is 0 Å². The second kappa shape index (κ2) is 9.57. The molecule has 3 aromatic rings. The number of hydrogen-bond donors (Lipinski definition) is 2. The minimum Gasteiger partial charge on any atom is -0.493 e. The SMILES string of the molecule is COc1cc(NC(=O)c2cc3n(n2)[C@H](C(F)(F)F)C[C@@H](c2ccc(Cl)cc2)N3)cc(OC)c1OC. The van der Waals surface area contributed by atoms with Crippen LogP contribution < -0.4 is 24.8 Å². The molecule has 35 heavy (non-hydrogen) atoms. The maximum absolute atomic E-state index is 13.9. The van der Waals surface area contributed by atoms with E-state index in [1.54, 1.807) is 24.3 Å². The molecule has 0 saturated heterocycles. The lowest BCUT2D eigenvalue weighted by Crippen LogP contribution is -2.35. The zero-order valence-corrected chi connectivity index (χ0v) is 19.7. The lowest BCUT2D eigenvalue weighted by Gasteiger charge is -2.33. The molecule has 0 spiro atoms. The molecule has 1 amide bonds. The van der Waals surface area contributed by atoms with Gasteiger partial charge in [0.15, 0.2) is 23.2 Å². The summed E-state index contributed by atoms with van der Waals surface area (Å²) < 4.78 is 58.3. The van der Waals surface area contributed by atoms with Crippen LogP contribution in [0.4, 0.5) is 24.7 Å². The van der Waals surface area contributed by atoms with Crippen LogP contribution in [-0.2, 0) is 0 Å². The first-order valence-corrected chi connectivity index (χ1v) is 10.8. The molecule has 1 aromatic heterocycles. The predicted octanol–water partition coefficient (Wildman–Crippen LogP) is 5.47. The van der Waals surface area contributed by atoms with Crippen LogP contribution in [0, 0.1) is 0 Å². The highest BCUT2D eigenvalue weighted by Crippen LogP contribution is 2.44. The summed E-state index contributed by atoms with van der Waals surface area (Å²) in [4.78, 5) is 12.9. The maximum atomic E-state index is 13.9. The van der Waals surface area contributed by atoms with Crippen molar-refractivity contribution in [2.75, 3.05) is 32.0 Å². The fourth-order valence-electron chi connectivity index (χ4n) is 3.95. The molecular formula is C23H22ClF3N4O4. The first-order valence-electron chi connectivity index (χ1n) is 10.4. The molecule has 0 bridgehead atoms. The number of nitrogens with one attached hydrogen (secondary N) is 2. The second-order valence-corrected chi connectivity index (χ2v) is 8.21. The van der Waals surface area contributed by atoms with E-state index in [0.717, 1.165) is 4.68 Å². The highest BCUT2D eigenvalue weighted by molar-refractivity contribution is 6.30. The summed E-state index contributed by atoms with van der Waals surface area (Å²) >= 11 is 5.91. The molecule has 0 radical (unpaired) electrons. The predicted molar refractivity (Wildman–Crippen MR) is 124 cm³/mol. The Labute approximate surface area is 203 Å². The van der Waals surface area contributed by atoms with E-state index in [1.165, 1.54) is 39.5 Å². The van der Waals surface area contributed by atoms with Gasteiger partial charge >= 0.3 is 6.18 Å². The number of methoxy groups -OCH3 is 3. The number of hydrogen-bond acceptors (Lipinski definition) is 6. The molecule has 2 aromatic carbocycles. The first kappa shape index (κ1) is 24.5. The molecule has 12 heteroatoms. The van der Waals surface area contributed by atoms with Crippen LogP contribution in [0.2, 0.25) is 5.02 Å². The number of rotatable bonds is 6. The van der Waals surface area contributed by atoms with Gasteiger partial charge in [-0.3, -0.25) is 4.79 Å². The Morgan fingerprint density at radius 1 is 1.09 bits per heavy atom. The minimum atomic E-state index is -4.57. The molecule has 186 valence electrons. The number of amides is 1. The van der Waals surface area contributed by atoms with Gasteiger partial charge in [-0.25, -0.2) is 4.68 Å². The number of halogens is 4. The van der Waals surface area contributed by atoms with Crippen molar-refractivity contribution in [2.45, 2.75) is 24.7 Å². The summed E-state index contributed by atoms with van der Waals surface area (Å²) in [5.74, 6) is 0.309. The van der Waals surface area contributed by atoms with Gasteiger partial charge in [0.25, 0.3) is 5.91 Å². The standard InChI is InChI=1S/C23H22ClF3N4O4/c1-33-17-8-14(9-18(34-2)21(17)35-3)28-22(32)16-11-20-29-15(12-4-6-13(24)7-5-12)10-19(23(25,26)27)31(20)30-16/h4-9,11,15,19,29H,10H2,1-3H3,(H,28,32)/t15-,19-/m0/s1. The van der Waals surface area contributed by atoms with Gasteiger partial charge in [0.05, 0.1) is 27.4 Å². The van der Waals surface area contributed by atoms with E-state index in [2.05, 4.69) is 15.7 Å². The zero-order valence-electron chi connectivity index (χ0n) is 18.9. The number of carbonyl (C=O) groups excluding carboxylic acids is 1. The minimum absolute atomic E-state index is 0.0774. The van der Waals surface area contributed by atoms with Crippen LogP contribution in [-0.4, -0.2) is 43.2 Å². The van der Waals surface area contributed by atoms with Crippen LogP contribution in [0.1, 0.15) is 34.6 Å². The van der Waals surface area contributed by atoms with Crippen molar-refractivity contribution in [3.05, 3.63) is 58.7 Å². The van der Waals surface area contributed by atoms with Crippen LogP contribution in [0.25, 0.3) is 0 Å². The Hall–Kier alpha value is -3.60. The van der Waals surface area contributed by atoms with E-state index >= 15 is 0 Å².